The standard InChI is InChI=1S/C14H29N3O/c1-4-17(10-7-13(18)16-3)14(11-15)8-5-12(2)6-9-14/h12H,4-11,15H2,1-3H3,(H,16,18). The molecule has 4 heteroatoms. The van der Waals surface area contributed by atoms with E-state index in [9.17, 15) is 4.79 Å². The van der Waals surface area contributed by atoms with E-state index in [1.54, 1.807) is 7.05 Å². The number of nitrogens with one attached hydrogen (secondary N) is 1. The highest BCUT2D eigenvalue weighted by molar-refractivity contribution is 5.75. The van der Waals surface area contributed by atoms with Gasteiger partial charge in [0, 0.05) is 32.1 Å². The van der Waals surface area contributed by atoms with Crippen molar-refractivity contribution in [2.24, 2.45) is 11.7 Å². The van der Waals surface area contributed by atoms with Gasteiger partial charge in [-0.1, -0.05) is 13.8 Å². The molecule has 0 atom stereocenters. The summed E-state index contributed by atoms with van der Waals surface area (Å²) in [6, 6.07) is 0. The minimum absolute atomic E-state index is 0.116. The SMILES string of the molecule is CCN(CCC(=O)NC)C1(CN)CCC(C)CC1. The van der Waals surface area contributed by atoms with Crippen LogP contribution in [-0.2, 0) is 4.79 Å². The normalized spacial score (nSPS) is 28.4. The summed E-state index contributed by atoms with van der Waals surface area (Å²) < 4.78 is 0. The maximum absolute atomic E-state index is 11.4. The summed E-state index contributed by atoms with van der Waals surface area (Å²) in [4.78, 5) is 13.8. The molecule has 18 heavy (non-hydrogen) atoms. The second kappa shape index (κ2) is 7.10. The topological polar surface area (TPSA) is 58.4 Å². The van der Waals surface area contributed by atoms with Crippen LogP contribution in [0.5, 0.6) is 0 Å². The minimum atomic E-state index is 0.116. The molecule has 0 unspecified atom stereocenters. The van der Waals surface area contributed by atoms with Crippen LogP contribution in [0.15, 0.2) is 0 Å². The number of hydrogen-bond acceptors (Lipinski definition) is 3. The molecule has 0 aliphatic heterocycles. The summed E-state index contributed by atoms with van der Waals surface area (Å²) in [6.07, 6.45) is 5.43. The van der Waals surface area contributed by atoms with Crippen molar-refractivity contribution in [1.82, 2.24) is 10.2 Å². The van der Waals surface area contributed by atoms with Crippen LogP contribution >= 0.6 is 0 Å². The van der Waals surface area contributed by atoms with Crippen LogP contribution in [0.3, 0.4) is 0 Å². The van der Waals surface area contributed by atoms with E-state index in [0.29, 0.717) is 13.0 Å². The summed E-state index contributed by atoms with van der Waals surface area (Å²) in [5.74, 6) is 0.937. The van der Waals surface area contributed by atoms with Crippen LogP contribution < -0.4 is 11.1 Å². The lowest BCUT2D eigenvalue weighted by Crippen LogP contribution is -2.56. The number of amides is 1. The molecule has 1 saturated carbocycles. The molecule has 1 amide bonds. The highest BCUT2D eigenvalue weighted by Gasteiger charge is 2.37. The van der Waals surface area contributed by atoms with E-state index in [0.717, 1.165) is 19.0 Å². The molecule has 1 aliphatic rings. The van der Waals surface area contributed by atoms with E-state index < -0.39 is 0 Å². The number of nitrogens with zero attached hydrogens (tertiary/aromatic N) is 1. The monoisotopic (exact) mass is 255 g/mol. The number of carbonyl (C=O) groups is 1. The van der Waals surface area contributed by atoms with Crippen LogP contribution in [0.4, 0.5) is 0 Å². The third-order valence-electron chi connectivity index (χ3n) is 4.53. The number of carbonyl (C=O) groups excluding carboxylic acids is 1. The van der Waals surface area contributed by atoms with Crippen molar-refractivity contribution in [2.75, 3.05) is 26.7 Å². The zero-order chi connectivity index (χ0) is 13.6. The van der Waals surface area contributed by atoms with Crippen LogP contribution in [0.1, 0.15) is 46.0 Å². The van der Waals surface area contributed by atoms with Crippen LogP contribution in [0.2, 0.25) is 0 Å². The zero-order valence-corrected chi connectivity index (χ0v) is 12.2. The number of nitrogens with two attached hydrogens (primary N) is 1. The van der Waals surface area contributed by atoms with Gasteiger partial charge in [-0.25, -0.2) is 0 Å². The van der Waals surface area contributed by atoms with Gasteiger partial charge in [0.15, 0.2) is 0 Å². The molecule has 0 spiro atoms. The molecular weight excluding hydrogens is 226 g/mol. The van der Waals surface area contributed by atoms with Crippen LogP contribution in [0.25, 0.3) is 0 Å². The van der Waals surface area contributed by atoms with Crippen LogP contribution in [-0.4, -0.2) is 43.0 Å². The summed E-state index contributed by atoms with van der Waals surface area (Å²) in [5.41, 5.74) is 6.19. The quantitative estimate of drug-likeness (QED) is 0.753. The Bertz CT molecular complexity index is 260. The van der Waals surface area contributed by atoms with Crippen molar-refractivity contribution in [1.29, 1.82) is 0 Å². The van der Waals surface area contributed by atoms with Crippen molar-refractivity contribution in [3.63, 3.8) is 0 Å². The Balaban J connectivity index is 2.62. The highest BCUT2D eigenvalue weighted by Crippen LogP contribution is 2.35. The van der Waals surface area contributed by atoms with Gasteiger partial charge in [-0.2, -0.15) is 0 Å². The fourth-order valence-corrected chi connectivity index (χ4v) is 3.04. The van der Waals surface area contributed by atoms with Gasteiger partial charge >= 0.3 is 0 Å². The minimum Gasteiger partial charge on any atom is -0.359 e. The predicted molar refractivity (Wildman–Crippen MR) is 75.3 cm³/mol. The molecule has 0 radical (unpaired) electrons. The molecule has 4 nitrogen and oxygen atoms in total. The maximum Gasteiger partial charge on any atom is 0.221 e. The fraction of sp³-hybridized carbons (Fsp3) is 0.929. The number of likely N-dealkylation sites (N-methyl/N-ethyl adjacent to an activating group) is 1. The first-order valence-corrected chi connectivity index (χ1v) is 7.23. The molecule has 0 heterocycles. The summed E-state index contributed by atoms with van der Waals surface area (Å²) in [6.45, 7) is 6.99. The average Bonchev–Trinajstić information content (AvgIpc) is 2.41. The summed E-state index contributed by atoms with van der Waals surface area (Å²) >= 11 is 0. The maximum atomic E-state index is 11.4. The first-order valence-electron chi connectivity index (χ1n) is 7.23. The van der Waals surface area contributed by atoms with Crippen molar-refractivity contribution in [2.45, 2.75) is 51.5 Å². The Morgan fingerprint density at radius 1 is 1.44 bits per heavy atom. The lowest BCUT2D eigenvalue weighted by atomic mass is 9.76. The Morgan fingerprint density at radius 3 is 2.50 bits per heavy atom. The van der Waals surface area contributed by atoms with Gasteiger partial charge < -0.3 is 11.1 Å². The number of rotatable bonds is 6. The predicted octanol–water partition coefficient (Wildman–Crippen LogP) is 1.35. The van der Waals surface area contributed by atoms with Crippen molar-refractivity contribution in [3.8, 4) is 0 Å². The molecule has 1 rings (SSSR count). The van der Waals surface area contributed by atoms with E-state index >= 15 is 0 Å². The van der Waals surface area contributed by atoms with E-state index in [4.69, 9.17) is 5.73 Å². The van der Waals surface area contributed by atoms with E-state index in [1.165, 1.54) is 25.7 Å². The van der Waals surface area contributed by atoms with Gasteiger partial charge in [-0.3, -0.25) is 9.69 Å². The third-order valence-corrected chi connectivity index (χ3v) is 4.53. The lowest BCUT2D eigenvalue weighted by molar-refractivity contribution is -0.121. The molecule has 1 aliphatic carbocycles. The molecular formula is C14H29N3O. The van der Waals surface area contributed by atoms with Gasteiger partial charge in [0.2, 0.25) is 5.91 Å². The highest BCUT2D eigenvalue weighted by atomic mass is 16.1. The van der Waals surface area contributed by atoms with Gasteiger partial charge in [0.05, 0.1) is 0 Å². The molecule has 3 N–H and O–H groups in total. The van der Waals surface area contributed by atoms with Gasteiger partial charge in [0.1, 0.15) is 0 Å². The van der Waals surface area contributed by atoms with Gasteiger partial charge in [-0.05, 0) is 38.1 Å². The Kier molecular flexibility index (Phi) is 6.09. The summed E-state index contributed by atoms with van der Waals surface area (Å²) in [7, 11) is 1.69. The largest absolute Gasteiger partial charge is 0.359 e. The lowest BCUT2D eigenvalue weighted by Gasteiger charge is -2.47. The fourth-order valence-electron chi connectivity index (χ4n) is 3.04. The first-order chi connectivity index (χ1) is 8.57. The Hall–Kier alpha value is -0.610. The molecule has 0 aromatic heterocycles. The summed E-state index contributed by atoms with van der Waals surface area (Å²) in [5, 5.41) is 2.69. The average molecular weight is 255 g/mol. The van der Waals surface area contributed by atoms with E-state index in [-0.39, 0.29) is 11.4 Å². The third kappa shape index (κ3) is 3.69. The molecule has 0 aromatic carbocycles. The molecule has 0 saturated heterocycles. The Morgan fingerprint density at radius 2 is 2.06 bits per heavy atom. The van der Waals surface area contributed by atoms with E-state index in [1.807, 2.05) is 0 Å². The zero-order valence-electron chi connectivity index (χ0n) is 12.2. The second-order valence-corrected chi connectivity index (χ2v) is 5.61. The smallest absolute Gasteiger partial charge is 0.221 e. The number of hydrogen-bond donors (Lipinski definition) is 2. The molecule has 0 aromatic rings. The Labute approximate surface area is 111 Å². The first kappa shape index (κ1) is 15.4. The van der Waals surface area contributed by atoms with E-state index in [2.05, 4.69) is 24.1 Å². The van der Waals surface area contributed by atoms with Crippen molar-refractivity contribution < 1.29 is 4.79 Å². The molecule has 106 valence electrons. The van der Waals surface area contributed by atoms with Gasteiger partial charge in [-0.15, -0.1) is 0 Å². The second-order valence-electron chi connectivity index (χ2n) is 5.61. The molecule has 1 fully saturated rings. The van der Waals surface area contributed by atoms with Crippen LogP contribution in [0, 0.1) is 5.92 Å². The van der Waals surface area contributed by atoms with Gasteiger partial charge in [0.25, 0.3) is 0 Å². The van der Waals surface area contributed by atoms with Crippen molar-refractivity contribution >= 4 is 5.91 Å². The van der Waals surface area contributed by atoms with Crippen molar-refractivity contribution in [3.05, 3.63) is 0 Å². The molecule has 0 bridgehead atoms.